The number of nitrogen functional groups attached to an aromatic ring is 2. The van der Waals surface area contributed by atoms with Crippen LogP contribution >= 0.6 is 0 Å². The molecule has 2 heterocycles. The fourth-order valence-electron chi connectivity index (χ4n) is 2.17. The quantitative estimate of drug-likeness (QED) is 0.731. The van der Waals surface area contributed by atoms with Gasteiger partial charge >= 0.3 is 0 Å². The highest BCUT2D eigenvalue weighted by atomic mass is 16.5. The maximum Gasteiger partial charge on any atom is 0.265 e. The molecule has 3 rings (SSSR count). The van der Waals surface area contributed by atoms with Crippen LogP contribution in [-0.2, 0) is 4.79 Å². The van der Waals surface area contributed by atoms with E-state index in [2.05, 4.69) is 15.3 Å². The number of carbonyl (C=O) groups excluding carboxylic acids is 1. The molecular weight excluding hydrogens is 258 g/mol. The molecule has 7 nitrogen and oxygen atoms in total. The van der Waals surface area contributed by atoms with E-state index in [1.54, 1.807) is 13.2 Å². The molecule has 1 unspecified atom stereocenters. The van der Waals surface area contributed by atoms with Crippen LogP contribution < -0.4 is 21.5 Å². The summed E-state index contributed by atoms with van der Waals surface area (Å²) in [5.41, 5.74) is 13.5. The molecule has 2 aromatic rings. The summed E-state index contributed by atoms with van der Waals surface area (Å²) in [5, 5.41) is 2.56. The highest BCUT2D eigenvalue weighted by Crippen LogP contribution is 2.46. The van der Waals surface area contributed by atoms with Gasteiger partial charge in [-0.05, 0) is 0 Å². The fourth-order valence-corrected chi connectivity index (χ4v) is 2.17. The van der Waals surface area contributed by atoms with E-state index in [4.69, 9.17) is 16.2 Å². The first-order valence-electron chi connectivity index (χ1n) is 6.01. The van der Waals surface area contributed by atoms with Crippen molar-refractivity contribution in [3.05, 3.63) is 30.0 Å². The summed E-state index contributed by atoms with van der Waals surface area (Å²) in [6, 6.07) is 5.52. The summed E-state index contributed by atoms with van der Waals surface area (Å²) in [6.07, 6.45) is 0.968. The molecule has 0 fully saturated rings. The number of hydrogen-bond donors (Lipinski definition) is 3. The van der Waals surface area contributed by atoms with Crippen LogP contribution in [0.3, 0.4) is 0 Å². The smallest absolute Gasteiger partial charge is 0.265 e. The van der Waals surface area contributed by atoms with Crippen molar-refractivity contribution in [3.63, 3.8) is 0 Å². The summed E-state index contributed by atoms with van der Waals surface area (Å²) in [6.45, 7) is 0. The van der Waals surface area contributed by atoms with Gasteiger partial charge in [-0.15, -0.1) is 0 Å². The van der Waals surface area contributed by atoms with Gasteiger partial charge in [0.25, 0.3) is 5.91 Å². The second-order valence-corrected chi connectivity index (χ2v) is 4.36. The van der Waals surface area contributed by atoms with E-state index in [9.17, 15) is 4.79 Å². The Bertz CT molecular complexity index is 701. The number of aromatic nitrogens is 2. The van der Waals surface area contributed by atoms with Crippen LogP contribution in [0, 0.1) is 0 Å². The largest absolute Gasteiger partial charge is 0.475 e. The number of amides is 1. The molecule has 1 atom stereocenters. The minimum Gasteiger partial charge on any atom is -0.475 e. The maximum atomic E-state index is 11.6. The molecule has 0 aliphatic carbocycles. The third kappa shape index (κ3) is 1.71. The Balaban J connectivity index is 2.05. The summed E-state index contributed by atoms with van der Waals surface area (Å²) < 4.78 is 5.55. The molecule has 20 heavy (non-hydrogen) atoms. The topological polar surface area (TPSA) is 116 Å². The maximum absolute atomic E-state index is 11.6. The van der Waals surface area contributed by atoms with Crippen LogP contribution in [0.4, 0.5) is 11.8 Å². The van der Waals surface area contributed by atoms with E-state index < -0.39 is 6.10 Å². The predicted molar refractivity (Wildman–Crippen MR) is 73.7 cm³/mol. The van der Waals surface area contributed by atoms with Gasteiger partial charge in [0, 0.05) is 29.9 Å². The van der Waals surface area contributed by atoms with Crippen molar-refractivity contribution < 1.29 is 9.53 Å². The van der Waals surface area contributed by atoms with Crippen molar-refractivity contribution in [1.29, 1.82) is 0 Å². The number of nitrogens with zero attached hydrogens (tertiary/aromatic N) is 2. The van der Waals surface area contributed by atoms with Crippen LogP contribution in [0.5, 0.6) is 5.75 Å². The number of fused-ring (bicyclic) bond motifs is 1. The van der Waals surface area contributed by atoms with Gasteiger partial charge in [-0.2, -0.15) is 4.98 Å². The summed E-state index contributed by atoms with van der Waals surface area (Å²) in [7, 11) is 1.57. The van der Waals surface area contributed by atoms with Crippen molar-refractivity contribution in [2.24, 2.45) is 0 Å². The highest BCUT2D eigenvalue weighted by Gasteiger charge is 2.36. The number of likely N-dealkylation sites (N-methyl/N-ethyl adjacent to an activating group) is 1. The van der Waals surface area contributed by atoms with Crippen molar-refractivity contribution in [1.82, 2.24) is 15.3 Å². The van der Waals surface area contributed by atoms with E-state index in [1.165, 1.54) is 0 Å². The van der Waals surface area contributed by atoms with E-state index >= 15 is 0 Å². The fraction of sp³-hybridized carbons (Fsp3) is 0.154. The van der Waals surface area contributed by atoms with Crippen molar-refractivity contribution in [2.75, 3.05) is 18.5 Å². The average molecular weight is 271 g/mol. The highest BCUT2D eigenvalue weighted by molar-refractivity contribution is 5.89. The first-order chi connectivity index (χ1) is 9.61. The number of nitrogens with one attached hydrogen (secondary N) is 1. The zero-order valence-electron chi connectivity index (χ0n) is 10.8. The lowest BCUT2D eigenvalue weighted by atomic mass is 9.95. The Morgan fingerprint density at radius 2 is 2.15 bits per heavy atom. The lowest BCUT2D eigenvalue weighted by Crippen LogP contribution is -2.35. The Hall–Kier alpha value is -2.83. The minimum absolute atomic E-state index is 0.116. The second-order valence-electron chi connectivity index (χ2n) is 4.36. The number of rotatable bonds is 2. The Labute approximate surface area is 115 Å². The lowest BCUT2D eigenvalue weighted by Gasteiger charge is -2.31. The average Bonchev–Trinajstić information content (AvgIpc) is 2.40. The zero-order valence-corrected chi connectivity index (χ0v) is 10.8. The molecular formula is C13H13N5O2. The monoisotopic (exact) mass is 271 g/mol. The Kier molecular flexibility index (Phi) is 2.67. The van der Waals surface area contributed by atoms with Gasteiger partial charge < -0.3 is 21.5 Å². The number of benzene rings is 1. The molecule has 0 saturated heterocycles. The van der Waals surface area contributed by atoms with Gasteiger partial charge in [0.1, 0.15) is 11.6 Å². The van der Waals surface area contributed by atoms with Crippen LogP contribution in [0.15, 0.2) is 24.4 Å². The summed E-state index contributed by atoms with van der Waals surface area (Å²) in [5.74, 6) is 0.834. The third-order valence-electron chi connectivity index (χ3n) is 3.18. The second kappa shape index (κ2) is 4.37. The molecule has 5 N–H and O–H groups in total. The molecule has 7 heteroatoms. The van der Waals surface area contributed by atoms with Crippen LogP contribution in [0.1, 0.15) is 11.7 Å². The third-order valence-corrected chi connectivity index (χ3v) is 3.18. The van der Waals surface area contributed by atoms with Crippen molar-refractivity contribution in [2.45, 2.75) is 6.10 Å². The van der Waals surface area contributed by atoms with E-state index in [1.807, 2.05) is 18.2 Å². The van der Waals surface area contributed by atoms with Gasteiger partial charge in [0.2, 0.25) is 12.1 Å². The van der Waals surface area contributed by atoms with Crippen LogP contribution in [0.25, 0.3) is 11.1 Å². The minimum atomic E-state index is -0.578. The SMILES string of the molecule is CNC(=O)C1Oc2c(-c3cnc(N)nc3N)cccc21. The molecule has 1 aromatic heterocycles. The number of para-hydroxylation sites is 1. The van der Waals surface area contributed by atoms with E-state index in [0.717, 1.165) is 11.1 Å². The molecule has 1 aliphatic rings. The number of ether oxygens (including phenoxy) is 1. The van der Waals surface area contributed by atoms with Gasteiger partial charge in [-0.3, -0.25) is 4.79 Å². The van der Waals surface area contributed by atoms with Gasteiger partial charge in [-0.1, -0.05) is 18.2 Å². The first-order valence-corrected chi connectivity index (χ1v) is 6.01. The summed E-state index contributed by atoms with van der Waals surface area (Å²) >= 11 is 0. The molecule has 1 aromatic carbocycles. The number of nitrogens with two attached hydrogens (primary N) is 2. The molecule has 0 spiro atoms. The van der Waals surface area contributed by atoms with Crippen LogP contribution in [-0.4, -0.2) is 22.9 Å². The number of hydrogen-bond acceptors (Lipinski definition) is 6. The van der Waals surface area contributed by atoms with Crippen molar-refractivity contribution in [3.8, 4) is 16.9 Å². The van der Waals surface area contributed by atoms with E-state index in [0.29, 0.717) is 11.3 Å². The lowest BCUT2D eigenvalue weighted by molar-refractivity contribution is -0.129. The zero-order chi connectivity index (χ0) is 14.3. The van der Waals surface area contributed by atoms with Gasteiger partial charge in [-0.25, -0.2) is 4.98 Å². The van der Waals surface area contributed by atoms with Gasteiger partial charge in [0.05, 0.1) is 0 Å². The molecule has 1 aliphatic heterocycles. The molecule has 0 radical (unpaired) electrons. The molecule has 1 amide bonds. The number of carbonyl (C=O) groups is 1. The van der Waals surface area contributed by atoms with Crippen LogP contribution in [0.2, 0.25) is 0 Å². The molecule has 0 saturated carbocycles. The summed E-state index contributed by atoms with van der Waals surface area (Å²) in [4.78, 5) is 19.5. The number of anilines is 2. The van der Waals surface area contributed by atoms with E-state index in [-0.39, 0.29) is 17.7 Å². The molecule has 0 bridgehead atoms. The standard InChI is InChI=1S/C13H13N5O2/c1-16-12(19)10-7-4-2-3-6(9(7)20-10)8-5-17-13(15)18-11(8)14/h2-5,10H,1H3,(H,16,19)(H4,14,15,17,18). The Morgan fingerprint density at radius 3 is 2.85 bits per heavy atom. The first kappa shape index (κ1) is 12.2. The Morgan fingerprint density at radius 1 is 1.35 bits per heavy atom. The van der Waals surface area contributed by atoms with Gasteiger partial charge in [0.15, 0.2) is 0 Å². The van der Waals surface area contributed by atoms with Crippen molar-refractivity contribution >= 4 is 17.7 Å². The normalized spacial score (nSPS) is 15.8. The molecule has 102 valence electrons. The predicted octanol–water partition coefficient (Wildman–Crippen LogP) is 0.487.